The van der Waals surface area contributed by atoms with Crippen LogP contribution in [0.5, 0.6) is 5.75 Å². The first-order valence-electron chi connectivity index (χ1n) is 9.11. The van der Waals surface area contributed by atoms with E-state index in [9.17, 15) is 0 Å². The topological polar surface area (TPSA) is 12.5 Å². The van der Waals surface area contributed by atoms with Gasteiger partial charge in [0.1, 0.15) is 11.9 Å². The number of hydrogen-bond donors (Lipinski definition) is 0. The maximum atomic E-state index is 6.22. The molecule has 2 aromatic rings. The van der Waals surface area contributed by atoms with Gasteiger partial charge < -0.3 is 4.74 Å². The molecule has 25 heavy (non-hydrogen) atoms. The Morgan fingerprint density at radius 3 is 2.72 bits per heavy atom. The number of nitrogens with zero attached hydrogens (tertiary/aromatic N) is 1. The Morgan fingerprint density at radius 2 is 2.00 bits per heavy atom. The van der Waals surface area contributed by atoms with Crippen LogP contribution < -0.4 is 4.74 Å². The zero-order valence-corrected chi connectivity index (χ0v) is 17.6. The Morgan fingerprint density at radius 1 is 1.24 bits per heavy atom. The minimum atomic E-state index is 0.254. The molecule has 4 heteroatoms. The highest BCUT2D eigenvalue weighted by Crippen LogP contribution is 2.38. The van der Waals surface area contributed by atoms with E-state index in [-0.39, 0.29) is 6.10 Å². The van der Waals surface area contributed by atoms with E-state index in [1.165, 1.54) is 20.2 Å². The molecule has 136 valence electrons. The van der Waals surface area contributed by atoms with Crippen molar-refractivity contribution in [1.29, 1.82) is 0 Å². The number of thiophene rings is 1. The van der Waals surface area contributed by atoms with Crippen LogP contribution in [0.15, 0.2) is 35.2 Å². The molecule has 2 heterocycles. The molecule has 1 aliphatic rings. The molecule has 0 spiro atoms. The van der Waals surface area contributed by atoms with E-state index < -0.39 is 0 Å². The fourth-order valence-corrected chi connectivity index (χ4v) is 5.52. The van der Waals surface area contributed by atoms with Crippen molar-refractivity contribution in [3.8, 4) is 5.75 Å². The number of hydrogen-bond acceptors (Lipinski definition) is 4. The Kier molecular flexibility index (Phi) is 5.81. The first-order chi connectivity index (χ1) is 11.8. The van der Waals surface area contributed by atoms with Crippen molar-refractivity contribution in [2.45, 2.75) is 65.0 Å². The molecule has 3 rings (SSSR count). The lowest BCUT2D eigenvalue weighted by Crippen LogP contribution is -2.29. The van der Waals surface area contributed by atoms with E-state index in [2.05, 4.69) is 69.3 Å². The summed E-state index contributed by atoms with van der Waals surface area (Å²) in [6, 6.07) is 10.8. The van der Waals surface area contributed by atoms with Crippen LogP contribution in [0.3, 0.4) is 0 Å². The molecule has 0 N–H and O–H groups in total. The minimum absolute atomic E-state index is 0.254. The number of rotatable bonds is 4. The summed E-state index contributed by atoms with van der Waals surface area (Å²) in [6.45, 7) is 13.3. The normalized spacial score (nSPS) is 18.5. The second-order valence-electron chi connectivity index (χ2n) is 8.04. The van der Waals surface area contributed by atoms with Crippen LogP contribution in [0, 0.1) is 12.3 Å². The van der Waals surface area contributed by atoms with Gasteiger partial charge in [-0.2, -0.15) is 0 Å². The minimum Gasteiger partial charge on any atom is -0.488 e. The van der Waals surface area contributed by atoms with E-state index in [0.29, 0.717) is 5.41 Å². The van der Waals surface area contributed by atoms with Crippen molar-refractivity contribution in [3.05, 3.63) is 45.6 Å². The van der Waals surface area contributed by atoms with Gasteiger partial charge in [0, 0.05) is 22.8 Å². The van der Waals surface area contributed by atoms with Gasteiger partial charge >= 0.3 is 0 Å². The van der Waals surface area contributed by atoms with Crippen LogP contribution in [0.1, 0.15) is 49.4 Å². The quantitative estimate of drug-likeness (QED) is 0.580. The summed E-state index contributed by atoms with van der Waals surface area (Å²) < 4.78 is 8.68. The molecule has 0 unspecified atom stereocenters. The second kappa shape index (κ2) is 7.73. The first kappa shape index (κ1) is 18.8. The van der Waals surface area contributed by atoms with Crippen molar-refractivity contribution in [2.24, 2.45) is 5.41 Å². The third-order valence-corrected chi connectivity index (χ3v) is 6.52. The standard InChI is InChI=1S/C21H29NOS2/c1-6-17-14-22(25-20-10-8-7-9-19(20)23-17)13-16-11-18(24-15(16)2)12-21(3,4)5/h7-11,17H,6,12-14H2,1-5H3/t17-/m1/s1. The van der Waals surface area contributed by atoms with Gasteiger partial charge in [0.25, 0.3) is 0 Å². The van der Waals surface area contributed by atoms with E-state index in [0.717, 1.165) is 31.7 Å². The Balaban J connectivity index is 1.78. The van der Waals surface area contributed by atoms with Crippen LogP contribution >= 0.6 is 23.3 Å². The number of ether oxygens (including phenoxy) is 1. The lowest BCUT2D eigenvalue weighted by atomic mass is 9.91. The molecule has 0 saturated heterocycles. The van der Waals surface area contributed by atoms with Crippen LogP contribution in [0.25, 0.3) is 0 Å². The molecule has 0 amide bonds. The zero-order chi connectivity index (χ0) is 18.0. The molecular weight excluding hydrogens is 346 g/mol. The summed E-state index contributed by atoms with van der Waals surface area (Å²) in [4.78, 5) is 4.18. The predicted octanol–water partition coefficient (Wildman–Crippen LogP) is 6.33. The molecule has 0 fully saturated rings. The number of para-hydroxylation sites is 1. The van der Waals surface area contributed by atoms with Crippen molar-refractivity contribution >= 4 is 23.3 Å². The fourth-order valence-electron chi connectivity index (χ4n) is 3.10. The van der Waals surface area contributed by atoms with Crippen LogP contribution in [0.4, 0.5) is 0 Å². The highest BCUT2D eigenvalue weighted by Gasteiger charge is 2.24. The summed E-state index contributed by atoms with van der Waals surface area (Å²) >= 11 is 3.80. The lowest BCUT2D eigenvalue weighted by Gasteiger charge is -2.22. The molecule has 1 aliphatic heterocycles. The Labute approximate surface area is 160 Å². The zero-order valence-electron chi connectivity index (χ0n) is 16.0. The fraction of sp³-hybridized carbons (Fsp3) is 0.524. The average Bonchev–Trinajstić information content (AvgIpc) is 2.76. The monoisotopic (exact) mass is 375 g/mol. The second-order valence-corrected chi connectivity index (χ2v) is 10.5. The third kappa shape index (κ3) is 5.02. The van der Waals surface area contributed by atoms with Crippen molar-refractivity contribution in [2.75, 3.05) is 6.54 Å². The largest absolute Gasteiger partial charge is 0.488 e. The molecule has 0 bridgehead atoms. The molecule has 0 saturated carbocycles. The van der Waals surface area contributed by atoms with Gasteiger partial charge in [0.2, 0.25) is 0 Å². The highest BCUT2D eigenvalue weighted by atomic mass is 32.2. The Bertz CT molecular complexity index is 717. The summed E-state index contributed by atoms with van der Waals surface area (Å²) in [5.74, 6) is 1.03. The number of fused-ring (bicyclic) bond motifs is 1. The van der Waals surface area contributed by atoms with Crippen molar-refractivity contribution < 1.29 is 4.74 Å². The maximum Gasteiger partial charge on any atom is 0.134 e. The molecule has 2 nitrogen and oxygen atoms in total. The van der Waals surface area contributed by atoms with Gasteiger partial charge in [-0.1, -0.05) is 39.8 Å². The molecular formula is C21H29NOS2. The number of aryl methyl sites for hydroxylation is 1. The van der Waals surface area contributed by atoms with Crippen LogP contribution in [-0.4, -0.2) is 17.0 Å². The molecule has 0 radical (unpaired) electrons. The SMILES string of the molecule is CC[C@@H]1CN(Cc2cc(CC(C)(C)C)sc2C)Sc2ccccc2O1. The molecule has 1 aromatic heterocycles. The maximum absolute atomic E-state index is 6.22. The van der Waals surface area contributed by atoms with Crippen molar-refractivity contribution in [3.63, 3.8) is 0 Å². The lowest BCUT2D eigenvalue weighted by molar-refractivity contribution is 0.170. The van der Waals surface area contributed by atoms with E-state index in [4.69, 9.17) is 4.74 Å². The van der Waals surface area contributed by atoms with Crippen LogP contribution in [-0.2, 0) is 13.0 Å². The predicted molar refractivity (Wildman–Crippen MR) is 110 cm³/mol. The van der Waals surface area contributed by atoms with Crippen molar-refractivity contribution in [1.82, 2.24) is 4.31 Å². The summed E-state index contributed by atoms with van der Waals surface area (Å²) in [7, 11) is 0. The molecule has 1 atom stereocenters. The Hall–Kier alpha value is -0.970. The van der Waals surface area contributed by atoms with E-state index in [1.807, 2.05) is 23.3 Å². The van der Waals surface area contributed by atoms with Crippen LogP contribution in [0.2, 0.25) is 0 Å². The van der Waals surface area contributed by atoms with Gasteiger partial charge in [-0.15, -0.1) is 11.3 Å². The summed E-state index contributed by atoms with van der Waals surface area (Å²) in [5.41, 5.74) is 1.80. The van der Waals surface area contributed by atoms with E-state index in [1.54, 1.807) is 0 Å². The van der Waals surface area contributed by atoms with E-state index >= 15 is 0 Å². The van der Waals surface area contributed by atoms with Gasteiger partial charge in [-0.3, -0.25) is 0 Å². The number of benzene rings is 1. The molecule has 0 aliphatic carbocycles. The van der Waals surface area contributed by atoms with Gasteiger partial charge in [0.05, 0.1) is 4.90 Å². The molecule has 1 aromatic carbocycles. The van der Waals surface area contributed by atoms with Gasteiger partial charge in [-0.25, -0.2) is 4.31 Å². The van der Waals surface area contributed by atoms with Gasteiger partial charge in [-0.05, 0) is 60.9 Å². The average molecular weight is 376 g/mol. The third-order valence-electron chi connectivity index (χ3n) is 4.36. The summed E-state index contributed by atoms with van der Waals surface area (Å²) in [5, 5.41) is 0. The van der Waals surface area contributed by atoms with Gasteiger partial charge in [0.15, 0.2) is 0 Å². The first-order valence-corrected chi connectivity index (χ1v) is 10.7. The summed E-state index contributed by atoms with van der Waals surface area (Å²) in [6.07, 6.45) is 2.43. The highest BCUT2D eigenvalue weighted by molar-refractivity contribution is 7.97. The smallest absolute Gasteiger partial charge is 0.134 e.